The minimum absolute atomic E-state index is 0.0355. The second-order valence-corrected chi connectivity index (χ2v) is 5.34. The summed E-state index contributed by atoms with van der Waals surface area (Å²) in [6, 6.07) is 7.79. The topological polar surface area (TPSA) is 54.9 Å². The molecule has 19 heavy (non-hydrogen) atoms. The van der Waals surface area contributed by atoms with E-state index in [1.54, 1.807) is 6.20 Å². The van der Waals surface area contributed by atoms with Gasteiger partial charge in [0, 0.05) is 18.1 Å². The molecule has 0 aliphatic carbocycles. The maximum Gasteiger partial charge on any atom is 0.275 e. The van der Waals surface area contributed by atoms with Gasteiger partial charge in [-0.25, -0.2) is 4.98 Å². The molecule has 4 nitrogen and oxygen atoms in total. The lowest BCUT2D eigenvalue weighted by Crippen LogP contribution is -2.19. The molecular weight excluding hydrogens is 238 g/mol. The van der Waals surface area contributed by atoms with E-state index in [4.69, 9.17) is 0 Å². The second kappa shape index (κ2) is 5.18. The van der Waals surface area contributed by atoms with Crippen LogP contribution in [0.5, 0.6) is 0 Å². The molecule has 0 aliphatic heterocycles. The van der Waals surface area contributed by atoms with Crippen molar-refractivity contribution < 1.29 is 4.79 Å². The van der Waals surface area contributed by atoms with Crippen LogP contribution in [-0.2, 0) is 5.41 Å². The van der Waals surface area contributed by atoms with Crippen LogP contribution in [0.3, 0.4) is 0 Å². The van der Waals surface area contributed by atoms with Crippen molar-refractivity contribution in [3.63, 3.8) is 0 Å². The van der Waals surface area contributed by atoms with Gasteiger partial charge in [0.15, 0.2) is 0 Å². The van der Waals surface area contributed by atoms with Gasteiger partial charge < -0.3 is 5.32 Å². The normalized spacial score (nSPS) is 11.1. The maximum absolute atomic E-state index is 12.1. The summed E-state index contributed by atoms with van der Waals surface area (Å²) in [6.07, 6.45) is 4.50. The first-order valence-electron chi connectivity index (χ1n) is 6.15. The van der Waals surface area contributed by atoms with E-state index in [-0.39, 0.29) is 11.3 Å². The van der Waals surface area contributed by atoms with Gasteiger partial charge in [-0.3, -0.25) is 9.78 Å². The highest BCUT2D eigenvalue weighted by Gasteiger charge is 2.19. The second-order valence-electron chi connectivity index (χ2n) is 5.34. The van der Waals surface area contributed by atoms with Crippen molar-refractivity contribution in [1.82, 2.24) is 9.97 Å². The molecule has 1 N–H and O–H groups in total. The number of nitrogens with one attached hydrogen (secondary N) is 1. The molecule has 0 unspecified atom stereocenters. The fourth-order valence-electron chi connectivity index (χ4n) is 1.85. The summed E-state index contributed by atoms with van der Waals surface area (Å²) in [7, 11) is 0. The van der Waals surface area contributed by atoms with Crippen molar-refractivity contribution in [2.45, 2.75) is 26.2 Å². The van der Waals surface area contributed by atoms with Crippen LogP contribution in [0.4, 0.5) is 5.69 Å². The molecule has 0 aliphatic rings. The van der Waals surface area contributed by atoms with Crippen LogP contribution < -0.4 is 5.32 Å². The minimum Gasteiger partial charge on any atom is -0.320 e. The zero-order chi connectivity index (χ0) is 13.9. The van der Waals surface area contributed by atoms with Gasteiger partial charge in [0.1, 0.15) is 5.69 Å². The molecule has 1 heterocycles. The number of benzene rings is 1. The van der Waals surface area contributed by atoms with Gasteiger partial charge in [-0.2, -0.15) is 0 Å². The Labute approximate surface area is 112 Å². The summed E-state index contributed by atoms with van der Waals surface area (Å²) in [6.45, 7) is 6.33. The minimum atomic E-state index is -0.246. The number of aromatic nitrogens is 2. The molecule has 0 atom stereocenters. The molecule has 1 aromatic heterocycles. The molecule has 0 spiro atoms. The van der Waals surface area contributed by atoms with E-state index in [1.165, 1.54) is 12.4 Å². The average molecular weight is 255 g/mol. The van der Waals surface area contributed by atoms with E-state index in [2.05, 4.69) is 36.1 Å². The fraction of sp³-hybridized carbons (Fsp3) is 0.267. The Hall–Kier alpha value is -2.23. The lowest BCUT2D eigenvalue weighted by Gasteiger charge is -2.22. The van der Waals surface area contributed by atoms with Gasteiger partial charge in [0.05, 0.1) is 6.20 Å². The number of anilines is 1. The molecule has 1 aromatic carbocycles. The Bertz CT molecular complexity index is 573. The largest absolute Gasteiger partial charge is 0.320 e. The standard InChI is InChI=1S/C15H17N3O/c1-15(2,3)11-6-4-5-7-12(11)18-14(19)13-10-16-8-9-17-13/h4-10H,1-3H3,(H,18,19). The predicted octanol–water partition coefficient (Wildman–Crippen LogP) is 3.03. The number of nitrogens with zero attached hydrogens (tertiary/aromatic N) is 2. The van der Waals surface area contributed by atoms with Gasteiger partial charge in [-0.15, -0.1) is 0 Å². The van der Waals surface area contributed by atoms with Gasteiger partial charge in [-0.1, -0.05) is 39.0 Å². The smallest absolute Gasteiger partial charge is 0.275 e. The molecule has 0 bridgehead atoms. The molecular formula is C15H17N3O. The number of hydrogen-bond donors (Lipinski definition) is 1. The quantitative estimate of drug-likeness (QED) is 0.897. The third kappa shape index (κ3) is 3.16. The maximum atomic E-state index is 12.1. The van der Waals surface area contributed by atoms with Crippen LogP contribution in [0.25, 0.3) is 0 Å². The van der Waals surface area contributed by atoms with Crippen LogP contribution in [-0.4, -0.2) is 15.9 Å². The SMILES string of the molecule is CC(C)(C)c1ccccc1NC(=O)c1cnccn1. The molecule has 4 heteroatoms. The van der Waals surface area contributed by atoms with E-state index in [0.717, 1.165) is 11.3 Å². The molecule has 2 rings (SSSR count). The highest BCUT2D eigenvalue weighted by atomic mass is 16.1. The van der Waals surface area contributed by atoms with Gasteiger partial charge in [0.25, 0.3) is 5.91 Å². The average Bonchev–Trinajstić information content (AvgIpc) is 2.39. The number of rotatable bonds is 2. The van der Waals surface area contributed by atoms with Crippen molar-refractivity contribution in [1.29, 1.82) is 0 Å². The molecule has 0 saturated heterocycles. The summed E-state index contributed by atoms with van der Waals surface area (Å²) in [5.74, 6) is -0.246. The van der Waals surface area contributed by atoms with Gasteiger partial charge >= 0.3 is 0 Å². The highest BCUT2D eigenvalue weighted by molar-refractivity contribution is 6.03. The first kappa shape index (κ1) is 13.2. The Balaban J connectivity index is 2.28. The summed E-state index contributed by atoms with van der Waals surface area (Å²) >= 11 is 0. The lowest BCUT2D eigenvalue weighted by molar-refractivity contribution is 0.102. The van der Waals surface area contributed by atoms with E-state index in [0.29, 0.717) is 5.69 Å². The number of hydrogen-bond acceptors (Lipinski definition) is 3. The molecule has 0 saturated carbocycles. The van der Waals surface area contributed by atoms with Crippen LogP contribution in [0.15, 0.2) is 42.9 Å². The van der Waals surface area contributed by atoms with E-state index in [9.17, 15) is 4.79 Å². The van der Waals surface area contributed by atoms with Crippen molar-refractivity contribution in [2.75, 3.05) is 5.32 Å². The molecule has 0 fully saturated rings. The van der Waals surface area contributed by atoms with Crippen LogP contribution in [0.2, 0.25) is 0 Å². The van der Waals surface area contributed by atoms with Crippen LogP contribution in [0.1, 0.15) is 36.8 Å². The zero-order valence-electron chi connectivity index (χ0n) is 11.3. The third-order valence-corrected chi connectivity index (χ3v) is 2.78. The highest BCUT2D eigenvalue weighted by Crippen LogP contribution is 2.29. The van der Waals surface area contributed by atoms with Crippen LogP contribution >= 0.6 is 0 Å². The van der Waals surface area contributed by atoms with Crippen molar-refractivity contribution in [3.05, 3.63) is 54.1 Å². The number of carbonyl (C=O) groups excluding carboxylic acids is 1. The number of para-hydroxylation sites is 1. The van der Waals surface area contributed by atoms with Crippen molar-refractivity contribution >= 4 is 11.6 Å². The monoisotopic (exact) mass is 255 g/mol. The van der Waals surface area contributed by atoms with Crippen molar-refractivity contribution in [3.8, 4) is 0 Å². The Kier molecular flexibility index (Phi) is 3.60. The third-order valence-electron chi connectivity index (χ3n) is 2.78. The summed E-state index contributed by atoms with van der Waals surface area (Å²) in [5.41, 5.74) is 2.18. The fourth-order valence-corrected chi connectivity index (χ4v) is 1.85. The first-order valence-corrected chi connectivity index (χ1v) is 6.15. The lowest BCUT2D eigenvalue weighted by atomic mass is 9.86. The zero-order valence-corrected chi connectivity index (χ0v) is 11.3. The van der Waals surface area contributed by atoms with Crippen LogP contribution in [0, 0.1) is 0 Å². The van der Waals surface area contributed by atoms with Crippen molar-refractivity contribution in [2.24, 2.45) is 0 Å². The number of carbonyl (C=O) groups is 1. The molecule has 98 valence electrons. The number of amides is 1. The van der Waals surface area contributed by atoms with Gasteiger partial charge in [0.2, 0.25) is 0 Å². The molecule has 0 radical (unpaired) electrons. The van der Waals surface area contributed by atoms with Gasteiger partial charge in [-0.05, 0) is 17.0 Å². The Morgan fingerprint density at radius 2 is 1.89 bits per heavy atom. The molecule has 2 aromatic rings. The van der Waals surface area contributed by atoms with E-state index >= 15 is 0 Å². The first-order chi connectivity index (χ1) is 8.98. The summed E-state index contributed by atoms with van der Waals surface area (Å²) in [4.78, 5) is 20.0. The summed E-state index contributed by atoms with van der Waals surface area (Å²) in [5, 5.41) is 2.89. The Morgan fingerprint density at radius 3 is 2.53 bits per heavy atom. The van der Waals surface area contributed by atoms with E-state index < -0.39 is 0 Å². The summed E-state index contributed by atoms with van der Waals surface area (Å²) < 4.78 is 0. The van der Waals surface area contributed by atoms with E-state index in [1.807, 2.05) is 24.3 Å². The predicted molar refractivity (Wildman–Crippen MR) is 75.1 cm³/mol. The Morgan fingerprint density at radius 1 is 1.16 bits per heavy atom. The molecule has 1 amide bonds.